The fourth-order valence-electron chi connectivity index (χ4n) is 2.16. The quantitative estimate of drug-likeness (QED) is 0.675. The number of nitrogens with zero attached hydrogens (tertiary/aromatic N) is 1. The van der Waals surface area contributed by atoms with E-state index in [1.807, 2.05) is 24.3 Å². The van der Waals surface area contributed by atoms with Gasteiger partial charge in [0.15, 0.2) is 6.61 Å². The number of benzene rings is 2. The second-order valence-electron chi connectivity index (χ2n) is 4.77. The van der Waals surface area contributed by atoms with Crippen molar-refractivity contribution in [2.45, 2.75) is 6.92 Å². The van der Waals surface area contributed by atoms with Gasteiger partial charge in [-0.1, -0.05) is 23.7 Å². The molecule has 1 heterocycles. The molecule has 0 aliphatic carbocycles. The lowest BCUT2D eigenvalue weighted by Gasteiger charge is -2.06. The van der Waals surface area contributed by atoms with Crippen molar-refractivity contribution in [1.29, 1.82) is 0 Å². The summed E-state index contributed by atoms with van der Waals surface area (Å²) in [6.07, 6.45) is 0. The van der Waals surface area contributed by atoms with Gasteiger partial charge in [0, 0.05) is 0 Å². The molecule has 0 saturated heterocycles. The molecule has 2 aromatic carbocycles. The Labute approximate surface area is 136 Å². The highest BCUT2D eigenvalue weighted by molar-refractivity contribution is 7.14. The van der Waals surface area contributed by atoms with Crippen molar-refractivity contribution in [3.05, 3.63) is 58.9 Å². The van der Waals surface area contributed by atoms with Gasteiger partial charge in [0.1, 0.15) is 5.75 Å². The van der Waals surface area contributed by atoms with Crippen LogP contribution in [0.5, 0.6) is 5.75 Å². The predicted molar refractivity (Wildman–Crippen MR) is 89.6 cm³/mol. The number of fused-ring (bicyclic) bond motifs is 1. The molecule has 0 fully saturated rings. The minimum absolute atomic E-state index is 0.0363. The Kier molecular flexibility index (Phi) is 4.43. The number of carbonyl (C=O) groups is 1. The summed E-state index contributed by atoms with van der Waals surface area (Å²) in [4.78, 5) is 23.6. The number of ether oxygens (including phenoxy) is 2. The van der Waals surface area contributed by atoms with Crippen LogP contribution in [-0.2, 0) is 9.53 Å². The summed E-state index contributed by atoms with van der Waals surface area (Å²) in [7, 11) is 0. The lowest BCUT2D eigenvalue weighted by Crippen LogP contribution is -2.14. The number of hydrogen-bond donors (Lipinski definition) is 0. The molecule has 0 radical (unpaired) electrons. The molecule has 0 N–H and O–H groups in total. The molecule has 0 bridgehead atoms. The van der Waals surface area contributed by atoms with Crippen LogP contribution in [0.3, 0.4) is 0 Å². The molecule has 6 heteroatoms. The van der Waals surface area contributed by atoms with Crippen LogP contribution in [0.2, 0.25) is 0 Å². The van der Waals surface area contributed by atoms with Crippen LogP contribution in [0.1, 0.15) is 6.92 Å². The highest BCUT2D eigenvalue weighted by Crippen LogP contribution is 2.21. The molecule has 3 rings (SSSR count). The standard InChI is InChI=1S/C17H15NO4S/c1-2-21-16(19)11-22-13-9-7-12(8-10-13)18-17(20)14-5-3-4-6-15(14)23-18/h3-10H,2,11H2,1H3. The van der Waals surface area contributed by atoms with E-state index in [2.05, 4.69) is 0 Å². The summed E-state index contributed by atoms with van der Waals surface area (Å²) in [5.74, 6) is 0.147. The molecule has 5 nitrogen and oxygen atoms in total. The molecule has 0 aliphatic rings. The van der Waals surface area contributed by atoms with Gasteiger partial charge in [-0.25, -0.2) is 8.75 Å². The molecule has 0 atom stereocenters. The maximum Gasteiger partial charge on any atom is 0.344 e. The Bertz CT molecular complexity index is 879. The van der Waals surface area contributed by atoms with E-state index in [1.54, 1.807) is 35.1 Å². The van der Waals surface area contributed by atoms with Crippen molar-refractivity contribution in [2.75, 3.05) is 13.2 Å². The average molecular weight is 329 g/mol. The van der Waals surface area contributed by atoms with Gasteiger partial charge in [0.2, 0.25) is 0 Å². The second kappa shape index (κ2) is 6.66. The number of aromatic nitrogens is 1. The van der Waals surface area contributed by atoms with Gasteiger partial charge < -0.3 is 9.47 Å². The summed E-state index contributed by atoms with van der Waals surface area (Å²) in [5, 5.41) is 0.708. The van der Waals surface area contributed by atoms with E-state index >= 15 is 0 Å². The van der Waals surface area contributed by atoms with Crippen molar-refractivity contribution >= 4 is 27.6 Å². The largest absolute Gasteiger partial charge is 0.482 e. The van der Waals surface area contributed by atoms with Gasteiger partial charge in [0.05, 0.1) is 22.4 Å². The summed E-state index contributed by atoms with van der Waals surface area (Å²) in [5.41, 5.74) is 0.727. The third kappa shape index (κ3) is 3.27. The zero-order chi connectivity index (χ0) is 16.2. The van der Waals surface area contributed by atoms with Crippen LogP contribution in [0.25, 0.3) is 15.8 Å². The predicted octanol–water partition coefficient (Wildman–Crippen LogP) is 2.99. The van der Waals surface area contributed by atoms with Crippen molar-refractivity contribution < 1.29 is 14.3 Å². The molecule has 0 aliphatic heterocycles. The van der Waals surface area contributed by atoms with Gasteiger partial charge >= 0.3 is 5.97 Å². The first-order chi connectivity index (χ1) is 11.2. The molecule has 1 aromatic heterocycles. The zero-order valence-electron chi connectivity index (χ0n) is 12.5. The summed E-state index contributed by atoms with van der Waals surface area (Å²) in [6.45, 7) is 1.95. The zero-order valence-corrected chi connectivity index (χ0v) is 13.3. The van der Waals surface area contributed by atoms with Gasteiger partial charge in [-0.2, -0.15) is 0 Å². The van der Waals surface area contributed by atoms with Crippen LogP contribution in [0.15, 0.2) is 53.3 Å². The maximum atomic E-state index is 12.4. The fraction of sp³-hybridized carbons (Fsp3) is 0.176. The average Bonchev–Trinajstić information content (AvgIpc) is 2.91. The minimum Gasteiger partial charge on any atom is -0.482 e. The first-order valence-corrected chi connectivity index (χ1v) is 7.96. The summed E-state index contributed by atoms with van der Waals surface area (Å²) < 4.78 is 12.7. The van der Waals surface area contributed by atoms with Crippen molar-refractivity contribution in [1.82, 2.24) is 3.96 Å². The monoisotopic (exact) mass is 329 g/mol. The highest BCUT2D eigenvalue weighted by atomic mass is 32.1. The van der Waals surface area contributed by atoms with Gasteiger partial charge in [0.25, 0.3) is 5.56 Å². The number of esters is 1. The van der Waals surface area contributed by atoms with Crippen molar-refractivity contribution in [2.24, 2.45) is 0 Å². The van der Waals surface area contributed by atoms with Crippen LogP contribution in [-0.4, -0.2) is 23.1 Å². The maximum absolute atomic E-state index is 12.4. The third-order valence-corrected chi connectivity index (χ3v) is 4.34. The van der Waals surface area contributed by atoms with Crippen LogP contribution in [0.4, 0.5) is 0 Å². The molecule has 0 spiro atoms. The number of rotatable bonds is 5. The Morgan fingerprint density at radius 2 is 1.87 bits per heavy atom. The molecule has 118 valence electrons. The lowest BCUT2D eigenvalue weighted by atomic mass is 10.3. The van der Waals surface area contributed by atoms with Gasteiger partial charge in [-0.05, 0) is 43.3 Å². The van der Waals surface area contributed by atoms with Crippen molar-refractivity contribution in [3.8, 4) is 11.4 Å². The summed E-state index contributed by atoms with van der Waals surface area (Å²) >= 11 is 1.40. The van der Waals surface area contributed by atoms with E-state index in [-0.39, 0.29) is 12.2 Å². The van der Waals surface area contributed by atoms with Gasteiger partial charge in [-0.3, -0.25) is 4.79 Å². The van der Waals surface area contributed by atoms with E-state index in [0.717, 1.165) is 10.4 Å². The third-order valence-electron chi connectivity index (χ3n) is 3.22. The van der Waals surface area contributed by atoms with E-state index < -0.39 is 5.97 Å². The van der Waals surface area contributed by atoms with Gasteiger partial charge in [-0.15, -0.1) is 0 Å². The Balaban J connectivity index is 1.80. The Hall–Kier alpha value is -2.60. The molecule has 23 heavy (non-hydrogen) atoms. The first-order valence-electron chi connectivity index (χ1n) is 7.19. The fourth-order valence-corrected chi connectivity index (χ4v) is 3.16. The molecular weight excluding hydrogens is 314 g/mol. The summed E-state index contributed by atoms with van der Waals surface area (Å²) in [6, 6.07) is 14.5. The molecule has 3 aromatic rings. The van der Waals surface area contributed by atoms with Crippen LogP contribution >= 0.6 is 11.5 Å². The van der Waals surface area contributed by atoms with E-state index in [0.29, 0.717) is 17.7 Å². The highest BCUT2D eigenvalue weighted by Gasteiger charge is 2.09. The SMILES string of the molecule is CCOC(=O)COc1ccc(-n2sc3ccccc3c2=O)cc1. The van der Waals surface area contributed by atoms with E-state index in [1.165, 1.54) is 11.5 Å². The topological polar surface area (TPSA) is 57.5 Å². The Morgan fingerprint density at radius 1 is 1.13 bits per heavy atom. The molecule has 0 amide bonds. The molecule has 0 unspecified atom stereocenters. The van der Waals surface area contributed by atoms with E-state index in [9.17, 15) is 9.59 Å². The normalized spacial score (nSPS) is 10.7. The molecular formula is C17H15NO4S. The molecule has 0 saturated carbocycles. The Morgan fingerprint density at radius 3 is 2.57 bits per heavy atom. The minimum atomic E-state index is -0.405. The van der Waals surface area contributed by atoms with Crippen molar-refractivity contribution in [3.63, 3.8) is 0 Å². The van der Waals surface area contributed by atoms with Crippen LogP contribution < -0.4 is 10.3 Å². The smallest absolute Gasteiger partial charge is 0.344 e. The lowest BCUT2D eigenvalue weighted by molar-refractivity contribution is -0.145. The first kappa shape index (κ1) is 15.3. The van der Waals surface area contributed by atoms with E-state index in [4.69, 9.17) is 9.47 Å². The van der Waals surface area contributed by atoms with Crippen LogP contribution in [0, 0.1) is 0 Å². The number of carbonyl (C=O) groups excluding carboxylic acids is 1. The second-order valence-corrected chi connectivity index (χ2v) is 5.76. The number of hydrogen-bond acceptors (Lipinski definition) is 5.